The zero-order chi connectivity index (χ0) is 12.4. The molecule has 0 amide bonds. The lowest BCUT2D eigenvalue weighted by Crippen LogP contribution is -2.44. The Morgan fingerprint density at radius 2 is 1.78 bits per heavy atom. The smallest absolute Gasteiger partial charge is 0.0695 e. The average Bonchev–Trinajstić information content (AvgIpc) is 2.90. The van der Waals surface area contributed by atoms with Gasteiger partial charge in [-0.25, -0.2) is 0 Å². The van der Waals surface area contributed by atoms with Crippen LogP contribution in [-0.2, 0) is 0 Å². The van der Waals surface area contributed by atoms with E-state index in [1.807, 2.05) is 0 Å². The van der Waals surface area contributed by atoms with E-state index in [2.05, 4.69) is 35.2 Å². The zero-order valence-electron chi connectivity index (χ0n) is 11.0. The van der Waals surface area contributed by atoms with Gasteiger partial charge in [0.1, 0.15) is 0 Å². The first-order valence-corrected chi connectivity index (χ1v) is 7.31. The van der Waals surface area contributed by atoms with Gasteiger partial charge >= 0.3 is 0 Å². The van der Waals surface area contributed by atoms with Crippen LogP contribution in [0.3, 0.4) is 0 Å². The molecule has 2 fully saturated rings. The summed E-state index contributed by atoms with van der Waals surface area (Å²) in [5.74, 6) is 0.667. The molecule has 3 rings (SSSR count). The van der Waals surface area contributed by atoms with Gasteiger partial charge in [0.15, 0.2) is 0 Å². The van der Waals surface area contributed by atoms with Gasteiger partial charge in [-0.2, -0.15) is 0 Å². The second-order valence-corrected chi connectivity index (χ2v) is 5.81. The summed E-state index contributed by atoms with van der Waals surface area (Å²) in [6, 6.07) is 11.3. The Labute approximate surface area is 110 Å². The number of likely N-dealkylation sites (tertiary alicyclic amines) is 1. The third-order valence-electron chi connectivity index (χ3n) is 4.65. The van der Waals surface area contributed by atoms with Crippen molar-refractivity contribution in [1.29, 1.82) is 0 Å². The molecule has 2 aliphatic rings. The Kier molecular flexibility index (Phi) is 3.67. The van der Waals surface area contributed by atoms with Gasteiger partial charge in [-0.05, 0) is 37.3 Å². The minimum Gasteiger partial charge on any atom is -0.391 e. The van der Waals surface area contributed by atoms with Crippen molar-refractivity contribution in [2.24, 2.45) is 0 Å². The minimum atomic E-state index is -0.0896. The summed E-state index contributed by atoms with van der Waals surface area (Å²) in [4.78, 5) is 2.53. The summed E-state index contributed by atoms with van der Waals surface area (Å²) in [7, 11) is 0. The molecule has 3 unspecified atom stereocenters. The highest BCUT2D eigenvalue weighted by Gasteiger charge is 2.33. The molecule has 1 aliphatic carbocycles. The lowest BCUT2D eigenvalue weighted by molar-refractivity contribution is 0.0305. The maximum absolute atomic E-state index is 10.1. The summed E-state index contributed by atoms with van der Waals surface area (Å²) in [5, 5.41) is 10.1. The van der Waals surface area contributed by atoms with E-state index >= 15 is 0 Å². The van der Waals surface area contributed by atoms with Crippen LogP contribution in [-0.4, -0.2) is 35.2 Å². The molecule has 1 N–H and O–H groups in total. The maximum Gasteiger partial charge on any atom is 0.0695 e. The van der Waals surface area contributed by atoms with Gasteiger partial charge < -0.3 is 5.11 Å². The van der Waals surface area contributed by atoms with Crippen LogP contribution in [0.25, 0.3) is 0 Å². The van der Waals surface area contributed by atoms with E-state index in [0.29, 0.717) is 12.0 Å². The van der Waals surface area contributed by atoms with Gasteiger partial charge in [-0.3, -0.25) is 4.90 Å². The number of benzene rings is 1. The topological polar surface area (TPSA) is 23.5 Å². The van der Waals surface area contributed by atoms with Gasteiger partial charge in [0.05, 0.1) is 6.10 Å². The van der Waals surface area contributed by atoms with Crippen molar-refractivity contribution < 1.29 is 5.11 Å². The van der Waals surface area contributed by atoms with E-state index in [1.54, 1.807) is 0 Å². The van der Waals surface area contributed by atoms with Crippen LogP contribution in [0.2, 0.25) is 0 Å². The average molecular weight is 245 g/mol. The quantitative estimate of drug-likeness (QED) is 0.866. The zero-order valence-corrected chi connectivity index (χ0v) is 11.0. The van der Waals surface area contributed by atoms with Crippen molar-refractivity contribution in [2.75, 3.05) is 13.1 Å². The Morgan fingerprint density at radius 3 is 2.56 bits per heavy atom. The van der Waals surface area contributed by atoms with E-state index in [0.717, 1.165) is 19.5 Å². The number of hydrogen-bond acceptors (Lipinski definition) is 2. The van der Waals surface area contributed by atoms with Crippen LogP contribution < -0.4 is 0 Å². The van der Waals surface area contributed by atoms with Gasteiger partial charge in [0, 0.05) is 12.6 Å². The normalized spacial score (nSPS) is 33.7. The highest BCUT2D eigenvalue weighted by molar-refractivity contribution is 5.21. The van der Waals surface area contributed by atoms with Crippen molar-refractivity contribution in [1.82, 2.24) is 4.90 Å². The number of nitrogens with zero attached hydrogens (tertiary/aromatic N) is 1. The number of aliphatic hydroxyl groups is 1. The summed E-state index contributed by atoms with van der Waals surface area (Å²) in [6.07, 6.45) is 5.82. The summed E-state index contributed by atoms with van der Waals surface area (Å²) in [5.41, 5.74) is 1.46. The number of rotatable bonds is 2. The monoisotopic (exact) mass is 245 g/mol. The Bertz CT molecular complexity index is 378. The standard InChI is InChI=1S/C16H23NO/c18-16-9-5-4-8-15(16)17-11-10-14(12-17)13-6-2-1-3-7-13/h1-3,6-7,14-16,18H,4-5,8-12H2. The largest absolute Gasteiger partial charge is 0.391 e. The molecule has 0 spiro atoms. The van der Waals surface area contributed by atoms with E-state index in [-0.39, 0.29) is 6.10 Å². The molecule has 98 valence electrons. The molecule has 1 heterocycles. The molecular weight excluding hydrogens is 222 g/mol. The molecule has 0 aromatic heterocycles. The molecule has 2 nitrogen and oxygen atoms in total. The summed E-state index contributed by atoms with van der Waals surface area (Å²) in [6.45, 7) is 2.28. The van der Waals surface area contributed by atoms with Crippen molar-refractivity contribution in [3.63, 3.8) is 0 Å². The molecule has 3 atom stereocenters. The molecule has 18 heavy (non-hydrogen) atoms. The van der Waals surface area contributed by atoms with Gasteiger partial charge in [-0.15, -0.1) is 0 Å². The molecule has 0 radical (unpaired) electrons. The fourth-order valence-electron chi connectivity index (χ4n) is 3.60. The van der Waals surface area contributed by atoms with Gasteiger partial charge in [0.25, 0.3) is 0 Å². The molecule has 1 aromatic carbocycles. The fourth-order valence-corrected chi connectivity index (χ4v) is 3.60. The molecule has 1 aliphatic heterocycles. The predicted molar refractivity (Wildman–Crippen MR) is 73.6 cm³/mol. The van der Waals surface area contributed by atoms with Crippen LogP contribution in [0.4, 0.5) is 0 Å². The highest BCUT2D eigenvalue weighted by Crippen LogP contribution is 2.32. The van der Waals surface area contributed by atoms with Gasteiger partial charge in [0.2, 0.25) is 0 Å². The van der Waals surface area contributed by atoms with E-state index in [9.17, 15) is 5.11 Å². The SMILES string of the molecule is OC1CCCCC1N1CCC(c2ccccc2)C1. The second kappa shape index (κ2) is 5.41. The summed E-state index contributed by atoms with van der Waals surface area (Å²) >= 11 is 0. The minimum absolute atomic E-state index is 0.0896. The van der Waals surface area contributed by atoms with Crippen LogP contribution in [0.5, 0.6) is 0 Å². The lowest BCUT2D eigenvalue weighted by Gasteiger charge is -2.35. The Morgan fingerprint density at radius 1 is 1.00 bits per heavy atom. The van der Waals surface area contributed by atoms with E-state index in [1.165, 1.54) is 31.2 Å². The molecule has 1 aromatic rings. The van der Waals surface area contributed by atoms with E-state index < -0.39 is 0 Å². The van der Waals surface area contributed by atoms with Crippen LogP contribution in [0, 0.1) is 0 Å². The lowest BCUT2D eigenvalue weighted by atomic mass is 9.91. The molecular formula is C16H23NO. The van der Waals surface area contributed by atoms with E-state index in [4.69, 9.17) is 0 Å². The molecule has 1 saturated carbocycles. The first-order chi connectivity index (χ1) is 8.84. The summed E-state index contributed by atoms with van der Waals surface area (Å²) < 4.78 is 0. The predicted octanol–water partition coefficient (Wildman–Crippen LogP) is 2.78. The molecule has 1 saturated heterocycles. The third-order valence-corrected chi connectivity index (χ3v) is 4.65. The number of hydrogen-bond donors (Lipinski definition) is 1. The highest BCUT2D eigenvalue weighted by atomic mass is 16.3. The molecule has 0 bridgehead atoms. The van der Waals surface area contributed by atoms with Gasteiger partial charge in [-0.1, -0.05) is 43.2 Å². The Hall–Kier alpha value is -0.860. The van der Waals surface area contributed by atoms with Crippen molar-refractivity contribution in [3.05, 3.63) is 35.9 Å². The Balaban J connectivity index is 1.64. The van der Waals surface area contributed by atoms with Crippen LogP contribution in [0.15, 0.2) is 30.3 Å². The third kappa shape index (κ3) is 2.45. The van der Waals surface area contributed by atoms with Crippen molar-refractivity contribution in [3.8, 4) is 0 Å². The van der Waals surface area contributed by atoms with Crippen LogP contribution in [0.1, 0.15) is 43.6 Å². The fraction of sp³-hybridized carbons (Fsp3) is 0.625. The molecule has 2 heteroatoms. The number of aliphatic hydroxyl groups excluding tert-OH is 1. The van der Waals surface area contributed by atoms with Crippen molar-refractivity contribution in [2.45, 2.75) is 50.2 Å². The first-order valence-electron chi connectivity index (χ1n) is 7.31. The maximum atomic E-state index is 10.1. The second-order valence-electron chi connectivity index (χ2n) is 5.81. The first kappa shape index (κ1) is 12.2. The van der Waals surface area contributed by atoms with Crippen molar-refractivity contribution >= 4 is 0 Å². The van der Waals surface area contributed by atoms with Crippen LogP contribution >= 0.6 is 0 Å².